The van der Waals surface area contributed by atoms with Crippen LogP contribution in [0.4, 0.5) is 11.4 Å². The molecule has 4 aliphatic heterocycles. The summed E-state index contributed by atoms with van der Waals surface area (Å²) < 4.78 is 18.4. The topological polar surface area (TPSA) is 121 Å². The third-order valence-electron chi connectivity index (χ3n) is 12.0. The molecule has 3 amide bonds. The molecule has 12 heteroatoms. The number of aliphatic hydroxyl groups excluding tert-OH is 1. The largest absolute Gasteiger partial charge is 0.497 e. The Balaban J connectivity index is 1.27. The van der Waals surface area contributed by atoms with Crippen molar-refractivity contribution in [1.29, 1.82) is 0 Å². The maximum atomic E-state index is 15.2. The summed E-state index contributed by atoms with van der Waals surface area (Å²) in [4.78, 5) is 47.2. The Bertz CT molecular complexity index is 1820. The molecular weight excluding hydrogens is 677 g/mol. The van der Waals surface area contributed by atoms with E-state index in [-0.39, 0.29) is 48.3 Å². The minimum atomic E-state index is -2.47. The van der Waals surface area contributed by atoms with Gasteiger partial charge < -0.3 is 39.3 Å². The molecule has 0 bridgehead atoms. The van der Waals surface area contributed by atoms with Crippen LogP contribution in [-0.4, -0.2) is 95.0 Å². The van der Waals surface area contributed by atoms with Gasteiger partial charge in [-0.15, -0.1) is 0 Å². The van der Waals surface area contributed by atoms with Crippen LogP contribution in [0.1, 0.15) is 37.3 Å². The van der Waals surface area contributed by atoms with Crippen molar-refractivity contribution in [2.45, 2.75) is 69.1 Å². The number of rotatable bonds is 10. The standard InChI is InChI=1S/C40H50N4O7Si/c1-26-38(52(4,5)32-15-12-30(49-2)13-16-32)35(22-36(46)42-19-6-7-29(42)25-45)51-40(26)33-21-31(50-3)14-17-34(33)44(39(40)48)24-27-8-10-28(11-9-27)43-20-18-41-23-37(43)47/h8-17,21,26,29,35,38,41,45H,6-7,18-20,22-25H2,1-5H3/t26-,29+,35+,38-,40+/m1/s1. The highest BCUT2D eigenvalue weighted by atomic mass is 28.3. The molecule has 1 spiro atoms. The summed E-state index contributed by atoms with van der Waals surface area (Å²) in [5, 5.41) is 14.4. The fraction of sp³-hybridized carbons (Fsp3) is 0.475. The number of benzene rings is 3. The van der Waals surface area contributed by atoms with Crippen molar-refractivity contribution in [2.24, 2.45) is 5.92 Å². The van der Waals surface area contributed by atoms with E-state index in [9.17, 15) is 14.7 Å². The molecule has 11 nitrogen and oxygen atoms in total. The third-order valence-corrected chi connectivity index (χ3v) is 16.4. The SMILES string of the molecule is COc1ccc([Si](C)(C)[C@H]2[C@H](CC(=O)N3CCC[C@H]3CO)O[C@@]3(C(=O)N(Cc4ccc(N5CCNCC5=O)cc4)c4ccc(OC)cc43)[C@@H]2C)cc1. The number of hydrogen-bond donors (Lipinski definition) is 2. The van der Waals surface area contributed by atoms with E-state index >= 15 is 4.79 Å². The number of piperazine rings is 1. The van der Waals surface area contributed by atoms with Crippen LogP contribution < -0.4 is 29.8 Å². The van der Waals surface area contributed by atoms with E-state index in [4.69, 9.17) is 14.2 Å². The summed E-state index contributed by atoms with van der Waals surface area (Å²) in [6, 6.07) is 21.5. The lowest BCUT2D eigenvalue weighted by atomic mass is 9.82. The van der Waals surface area contributed by atoms with Crippen LogP contribution in [0, 0.1) is 5.92 Å². The maximum Gasteiger partial charge on any atom is 0.264 e. The predicted molar refractivity (Wildman–Crippen MR) is 202 cm³/mol. The highest BCUT2D eigenvalue weighted by Crippen LogP contribution is 2.60. The van der Waals surface area contributed by atoms with E-state index in [1.807, 2.05) is 59.5 Å². The molecule has 276 valence electrons. The van der Waals surface area contributed by atoms with E-state index in [2.05, 4.69) is 37.5 Å². The zero-order valence-electron chi connectivity index (χ0n) is 30.8. The summed E-state index contributed by atoms with van der Waals surface area (Å²) in [6.45, 7) is 9.23. The number of likely N-dealkylation sites (tertiary alicyclic amines) is 1. The number of hydrogen-bond acceptors (Lipinski definition) is 8. The number of ether oxygens (including phenoxy) is 3. The summed E-state index contributed by atoms with van der Waals surface area (Å²) in [6.07, 6.45) is 1.21. The van der Waals surface area contributed by atoms with Crippen LogP contribution in [0.2, 0.25) is 18.6 Å². The first-order valence-corrected chi connectivity index (χ1v) is 21.4. The molecule has 3 aromatic carbocycles. The number of nitrogens with zero attached hydrogens (tertiary/aromatic N) is 3. The van der Waals surface area contributed by atoms with E-state index < -0.39 is 19.8 Å². The van der Waals surface area contributed by atoms with Crippen LogP contribution in [0.3, 0.4) is 0 Å². The van der Waals surface area contributed by atoms with Crippen molar-refractivity contribution >= 4 is 42.4 Å². The minimum Gasteiger partial charge on any atom is -0.497 e. The zero-order chi connectivity index (χ0) is 36.8. The van der Waals surface area contributed by atoms with Crippen LogP contribution in [0.25, 0.3) is 0 Å². The Morgan fingerprint density at radius 3 is 2.38 bits per heavy atom. The number of nitrogens with one attached hydrogen (secondary N) is 1. The number of amides is 3. The molecule has 2 N–H and O–H groups in total. The van der Waals surface area contributed by atoms with E-state index in [1.165, 1.54) is 5.19 Å². The van der Waals surface area contributed by atoms with Crippen molar-refractivity contribution < 1.29 is 33.7 Å². The Hall–Kier alpha value is -4.23. The van der Waals surface area contributed by atoms with Gasteiger partial charge in [0, 0.05) is 36.8 Å². The van der Waals surface area contributed by atoms with Gasteiger partial charge in [-0.3, -0.25) is 14.4 Å². The quantitative estimate of drug-likeness (QED) is 0.303. The number of carbonyl (C=O) groups is 3. The first-order valence-electron chi connectivity index (χ1n) is 18.4. The molecule has 0 unspecified atom stereocenters. The van der Waals surface area contributed by atoms with Crippen LogP contribution in [0.15, 0.2) is 66.7 Å². The molecular formula is C40H50N4O7Si. The van der Waals surface area contributed by atoms with Gasteiger partial charge >= 0.3 is 0 Å². The summed E-state index contributed by atoms with van der Waals surface area (Å²) in [7, 11) is 0.797. The Labute approximate surface area is 306 Å². The van der Waals surface area contributed by atoms with Crippen molar-refractivity contribution in [3.8, 4) is 11.5 Å². The number of carbonyl (C=O) groups excluding carboxylic acids is 3. The second kappa shape index (κ2) is 14.3. The Kier molecular flexibility index (Phi) is 9.94. The average molecular weight is 727 g/mol. The lowest BCUT2D eigenvalue weighted by Crippen LogP contribution is -2.52. The zero-order valence-corrected chi connectivity index (χ0v) is 31.8. The second-order valence-corrected chi connectivity index (χ2v) is 19.8. The fourth-order valence-corrected chi connectivity index (χ4v) is 13.3. The molecule has 5 atom stereocenters. The van der Waals surface area contributed by atoms with Crippen LogP contribution in [0.5, 0.6) is 11.5 Å². The molecule has 3 aromatic rings. The van der Waals surface area contributed by atoms with Crippen LogP contribution in [-0.2, 0) is 31.3 Å². The van der Waals surface area contributed by atoms with Gasteiger partial charge in [-0.05, 0) is 66.4 Å². The number of anilines is 2. The Morgan fingerprint density at radius 2 is 1.71 bits per heavy atom. The predicted octanol–water partition coefficient (Wildman–Crippen LogP) is 3.78. The molecule has 4 aliphatic rings. The van der Waals surface area contributed by atoms with Gasteiger partial charge in [0.2, 0.25) is 11.8 Å². The van der Waals surface area contributed by atoms with Gasteiger partial charge in [-0.25, -0.2) is 0 Å². The van der Waals surface area contributed by atoms with E-state index in [0.717, 1.165) is 47.6 Å². The van der Waals surface area contributed by atoms with Gasteiger partial charge in [0.15, 0.2) is 5.60 Å². The molecule has 3 saturated heterocycles. The minimum absolute atomic E-state index is 0.0335. The number of aliphatic hydroxyl groups is 1. The normalized spacial score (nSPS) is 26.0. The lowest BCUT2D eigenvalue weighted by Gasteiger charge is -2.37. The van der Waals surface area contributed by atoms with Crippen molar-refractivity contribution in [2.75, 3.05) is 56.8 Å². The number of methoxy groups -OCH3 is 2. The Morgan fingerprint density at radius 1 is 1.00 bits per heavy atom. The summed E-state index contributed by atoms with van der Waals surface area (Å²) >= 11 is 0. The highest BCUT2D eigenvalue weighted by molar-refractivity contribution is 6.91. The molecule has 0 saturated carbocycles. The first kappa shape index (κ1) is 36.1. The van der Waals surface area contributed by atoms with Gasteiger partial charge in [-0.2, -0.15) is 0 Å². The lowest BCUT2D eigenvalue weighted by molar-refractivity contribution is -0.150. The van der Waals surface area contributed by atoms with E-state index in [1.54, 1.807) is 24.0 Å². The summed E-state index contributed by atoms with van der Waals surface area (Å²) in [5.41, 5.74) is 1.81. The van der Waals surface area contributed by atoms with E-state index in [0.29, 0.717) is 31.9 Å². The molecule has 4 heterocycles. The third kappa shape index (κ3) is 6.09. The molecule has 0 aliphatic carbocycles. The second-order valence-electron chi connectivity index (χ2n) is 15.1. The van der Waals surface area contributed by atoms with Gasteiger partial charge in [0.05, 0.1) is 66.2 Å². The molecule has 3 fully saturated rings. The van der Waals surface area contributed by atoms with Gasteiger partial charge in [0.25, 0.3) is 5.91 Å². The fourth-order valence-electron chi connectivity index (χ4n) is 9.26. The highest BCUT2D eigenvalue weighted by Gasteiger charge is 2.66. The molecule has 0 aromatic heterocycles. The average Bonchev–Trinajstić information content (AvgIpc) is 3.82. The molecule has 7 rings (SSSR count). The van der Waals surface area contributed by atoms with Crippen molar-refractivity contribution in [3.63, 3.8) is 0 Å². The molecule has 52 heavy (non-hydrogen) atoms. The van der Waals surface area contributed by atoms with Crippen molar-refractivity contribution in [1.82, 2.24) is 10.2 Å². The number of fused-ring (bicyclic) bond motifs is 2. The van der Waals surface area contributed by atoms with Gasteiger partial charge in [0.1, 0.15) is 11.5 Å². The van der Waals surface area contributed by atoms with Crippen LogP contribution >= 0.6 is 0 Å². The van der Waals surface area contributed by atoms with Crippen molar-refractivity contribution in [3.05, 3.63) is 77.9 Å². The monoisotopic (exact) mass is 726 g/mol. The molecule has 0 radical (unpaired) electrons. The smallest absolute Gasteiger partial charge is 0.264 e. The van der Waals surface area contributed by atoms with Gasteiger partial charge in [-0.1, -0.05) is 49.5 Å². The summed E-state index contributed by atoms with van der Waals surface area (Å²) in [5.74, 6) is 0.938. The maximum absolute atomic E-state index is 15.2. The first-order chi connectivity index (χ1) is 25.0.